The Morgan fingerprint density at radius 3 is 3.00 bits per heavy atom. The summed E-state index contributed by atoms with van der Waals surface area (Å²) in [4.78, 5) is 3.34. The molecule has 0 bridgehead atoms. The lowest BCUT2D eigenvalue weighted by atomic mass is 10.2. The first-order chi connectivity index (χ1) is 9.06. The molecule has 0 spiro atoms. The minimum Gasteiger partial charge on any atom is -0.398 e. The Labute approximate surface area is 118 Å². The molecule has 0 aliphatic carbocycles. The van der Waals surface area contributed by atoms with Gasteiger partial charge in [0.1, 0.15) is 5.82 Å². The van der Waals surface area contributed by atoms with Gasteiger partial charge in [-0.15, -0.1) is 11.8 Å². The maximum atomic E-state index is 13.0. The van der Waals surface area contributed by atoms with E-state index in [2.05, 4.69) is 18.7 Å². The molecule has 1 aromatic carbocycles. The molecule has 106 valence electrons. The molecule has 0 aromatic heterocycles. The van der Waals surface area contributed by atoms with Crippen LogP contribution in [-0.2, 0) is 4.74 Å². The van der Waals surface area contributed by atoms with Crippen LogP contribution in [0.2, 0.25) is 0 Å². The highest BCUT2D eigenvalue weighted by atomic mass is 32.2. The van der Waals surface area contributed by atoms with Gasteiger partial charge in [0, 0.05) is 35.5 Å². The zero-order valence-corrected chi connectivity index (χ0v) is 12.3. The molecule has 0 radical (unpaired) electrons. The maximum Gasteiger partial charge on any atom is 0.125 e. The number of hydrogen-bond acceptors (Lipinski definition) is 4. The number of hydrogen-bond donors (Lipinski definition) is 1. The summed E-state index contributed by atoms with van der Waals surface area (Å²) in [6.07, 6.45) is 0.214. The molecule has 1 aliphatic heterocycles. The number of ether oxygens (including phenoxy) is 1. The fraction of sp³-hybridized carbons (Fsp3) is 0.571. The number of nitrogens with two attached hydrogens (primary N) is 1. The highest BCUT2D eigenvalue weighted by Gasteiger charge is 2.22. The van der Waals surface area contributed by atoms with Gasteiger partial charge in [0.25, 0.3) is 0 Å². The van der Waals surface area contributed by atoms with Crippen LogP contribution in [0.25, 0.3) is 0 Å². The van der Waals surface area contributed by atoms with E-state index in [-0.39, 0.29) is 11.9 Å². The number of benzene rings is 1. The SMILES string of the molecule is CC(C)N1CCOC(CSc2ccc(F)cc2N)C1. The monoisotopic (exact) mass is 284 g/mol. The predicted octanol–water partition coefficient (Wildman–Crippen LogP) is 2.61. The van der Waals surface area contributed by atoms with Crippen molar-refractivity contribution in [3.63, 3.8) is 0 Å². The number of morpholine rings is 1. The molecule has 2 rings (SSSR count). The molecule has 0 saturated carbocycles. The molecule has 5 heteroatoms. The Bertz CT molecular complexity index is 428. The highest BCUT2D eigenvalue weighted by molar-refractivity contribution is 7.99. The second-order valence-corrected chi connectivity index (χ2v) is 6.14. The number of nitrogens with zero attached hydrogens (tertiary/aromatic N) is 1. The van der Waals surface area contributed by atoms with Gasteiger partial charge in [-0.25, -0.2) is 4.39 Å². The molecule has 1 unspecified atom stereocenters. The number of rotatable bonds is 4. The van der Waals surface area contributed by atoms with Gasteiger partial charge in [-0.3, -0.25) is 4.90 Å². The third kappa shape index (κ3) is 4.09. The lowest BCUT2D eigenvalue weighted by molar-refractivity contribution is -0.0265. The largest absolute Gasteiger partial charge is 0.398 e. The van der Waals surface area contributed by atoms with Crippen LogP contribution in [-0.4, -0.2) is 42.5 Å². The molecule has 1 saturated heterocycles. The first kappa shape index (κ1) is 14.6. The van der Waals surface area contributed by atoms with E-state index in [0.717, 1.165) is 30.3 Å². The van der Waals surface area contributed by atoms with E-state index in [1.807, 2.05) is 0 Å². The summed E-state index contributed by atoms with van der Waals surface area (Å²) < 4.78 is 18.7. The van der Waals surface area contributed by atoms with Crippen molar-refractivity contribution in [1.29, 1.82) is 0 Å². The zero-order chi connectivity index (χ0) is 13.8. The highest BCUT2D eigenvalue weighted by Crippen LogP contribution is 2.27. The van der Waals surface area contributed by atoms with Crippen molar-refractivity contribution in [1.82, 2.24) is 4.90 Å². The minimum atomic E-state index is -0.290. The molecular weight excluding hydrogens is 263 g/mol. The van der Waals surface area contributed by atoms with Crippen LogP contribution in [0.4, 0.5) is 10.1 Å². The van der Waals surface area contributed by atoms with Gasteiger partial charge < -0.3 is 10.5 Å². The van der Waals surface area contributed by atoms with Crippen molar-refractivity contribution < 1.29 is 9.13 Å². The van der Waals surface area contributed by atoms with Crippen LogP contribution >= 0.6 is 11.8 Å². The molecule has 1 fully saturated rings. The van der Waals surface area contributed by atoms with Gasteiger partial charge in [-0.2, -0.15) is 0 Å². The molecule has 3 nitrogen and oxygen atoms in total. The third-order valence-electron chi connectivity index (χ3n) is 3.30. The second kappa shape index (κ2) is 6.59. The molecule has 1 aromatic rings. The average molecular weight is 284 g/mol. The Balaban J connectivity index is 1.88. The molecule has 1 atom stereocenters. The van der Waals surface area contributed by atoms with E-state index in [4.69, 9.17) is 10.5 Å². The van der Waals surface area contributed by atoms with E-state index in [1.165, 1.54) is 12.1 Å². The molecule has 19 heavy (non-hydrogen) atoms. The third-order valence-corrected chi connectivity index (χ3v) is 4.52. The van der Waals surface area contributed by atoms with Crippen molar-refractivity contribution >= 4 is 17.4 Å². The first-order valence-electron chi connectivity index (χ1n) is 6.59. The molecule has 2 N–H and O–H groups in total. The van der Waals surface area contributed by atoms with Crippen LogP contribution in [0.15, 0.2) is 23.1 Å². The number of anilines is 1. The topological polar surface area (TPSA) is 38.5 Å². The first-order valence-corrected chi connectivity index (χ1v) is 7.58. The molecular formula is C14H21FN2OS. The lowest BCUT2D eigenvalue weighted by Crippen LogP contribution is -2.46. The van der Waals surface area contributed by atoms with Crippen LogP contribution in [0.3, 0.4) is 0 Å². The smallest absolute Gasteiger partial charge is 0.125 e. The summed E-state index contributed by atoms with van der Waals surface area (Å²) in [5.41, 5.74) is 6.30. The lowest BCUT2D eigenvalue weighted by Gasteiger charge is -2.35. The standard InChI is InChI=1S/C14H21FN2OS/c1-10(2)17-5-6-18-12(8-17)9-19-14-4-3-11(15)7-13(14)16/h3-4,7,10,12H,5-6,8-9,16H2,1-2H3. The molecule has 1 aliphatic rings. The van der Waals surface area contributed by atoms with Gasteiger partial charge in [0.05, 0.1) is 12.7 Å². The Hall–Kier alpha value is -0.780. The van der Waals surface area contributed by atoms with Crippen LogP contribution in [0.5, 0.6) is 0 Å². The van der Waals surface area contributed by atoms with Crippen LogP contribution < -0.4 is 5.73 Å². The summed E-state index contributed by atoms with van der Waals surface area (Å²) in [5, 5.41) is 0. The average Bonchev–Trinajstić information content (AvgIpc) is 2.38. The van der Waals surface area contributed by atoms with E-state index < -0.39 is 0 Å². The van der Waals surface area contributed by atoms with Crippen molar-refractivity contribution in [2.75, 3.05) is 31.2 Å². The van der Waals surface area contributed by atoms with E-state index in [0.29, 0.717) is 11.7 Å². The fourth-order valence-electron chi connectivity index (χ4n) is 2.15. The van der Waals surface area contributed by atoms with E-state index in [9.17, 15) is 4.39 Å². The van der Waals surface area contributed by atoms with Crippen LogP contribution in [0, 0.1) is 5.82 Å². The van der Waals surface area contributed by atoms with Crippen molar-refractivity contribution in [3.8, 4) is 0 Å². The van der Waals surface area contributed by atoms with E-state index in [1.54, 1.807) is 17.8 Å². The van der Waals surface area contributed by atoms with E-state index >= 15 is 0 Å². The van der Waals surface area contributed by atoms with Gasteiger partial charge in [-0.05, 0) is 32.0 Å². The van der Waals surface area contributed by atoms with Gasteiger partial charge in [0.15, 0.2) is 0 Å². The van der Waals surface area contributed by atoms with Crippen molar-refractivity contribution in [3.05, 3.63) is 24.0 Å². The number of thioether (sulfide) groups is 1. The van der Waals surface area contributed by atoms with Crippen molar-refractivity contribution in [2.24, 2.45) is 0 Å². The van der Waals surface area contributed by atoms with Gasteiger partial charge >= 0.3 is 0 Å². The Morgan fingerprint density at radius 1 is 1.53 bits per heavy atom. The van der Waals surface area contributed by atoms with Gasteiger partial charge in [0.2, 0.25) is 0 Å². The maximum absolute atomic E-state index is 13.0. The summed E-state index contributed by atoms with van der Waals surface area (Å²) in [7, 11) is 0. The molecule has 0 amide bonds. The van der Waals surface area contributed by atoms with Crippen molar-refractivity contribution in [2.45, 2.75) is 30.9 Å². The summed E-state index contributed by atoms with van der Waals surface area (Å²) in [6, 6.07) is 5.09. The number of nitrogen functional groups attached to an aromatic ring is 1. The minimum absolute atomic E-state index is 0.214. The fourth-order valence-corrected chi connectivity index (χ4v) is 3.10. The quantitative estimate of drug-likeness (QED) is 0.681. The molecule has 1 heterocycles. The summed E-state index contributed by atoms with van der Waals surface area (Å²) in [5.74, 6) is 0.556. The number of halogens is 1. The Kier molecular flexibility index (Phi) is 5.07. The summed E-state index contributed by atoms with van der Waals surface area (Å²) in [6.45, 7) is 7.13. The second-order valence-electron chi connectivity index (χ2n) is 5.07. The zero-order valence-electron chi connectivity index (χ0n) is 11.4. The predicted molar refractivity (Wildman–Crippen MR) is 78.0 cm³/mol. The summed E-state index contributed by atoms with van der Waals surface area (Å²) >= 11 is 1.63. The Morgan fingerprint density at radius 2 is 2.32 bits per heavy atom. The van der Waals surface area contributed by atoms with Crippen LogP contribution in [0.1, 0.15) is 13.8 Å². The normalized spacial score (nSPS) is 20.9. The van der Waals surface area contributed by atoms with Gasteiger partial charge in [-0.1, -0.05) is 0 Å².